The molecule has 2 atom stereocenters. The van der Waals surface area contributed by atoms with Crippen LogP contribution in [0.2, 0.25) is 0 Å². The molecule has 0 aromatic heterocycles. The lowest BCUT2D eigenvalue weighted by molar-refractivity contribution is 0.0560. The van der Waals surface area contributed by atoms with Crippen molar-refractivity contribution in [2.24, 2.45) is 0 Å². The van der Waals surface area contributed by atoms with Crippen molar-refractivity contribution in [3.63, 3.8) is 0 Å². The van der Waals surface area contributed by atoms with Gasteiger partial charge in [0.05, 0.1) is 6.10 Å². The number of ether oxygens (including phenoxy) is 1. The van der Waals surface area contributed by atoms with Crippen LogP contribution in [-0.4, -0.2) is 21.1 Å². The fourth-order valence-electron chi connectivity index (χ4n) is 4.74. The Bertz CT molecular complexity index is 888. The van der Waals surface area contributed by atoms with E-state index in [4.69, 9.17) is 4.74 Å². The Morgan fingerprint density at radius 3 is 2.21 bits per heavy atom. The van der Waals surface area contributed by atoms with E-state index in [1.807, 2.05) is 13.8 Å². The molecule has 1 aliphatic heterocycles. The van der Waals surface area contributed by atoms with Gasteiger partial charge < -0.3 is 9.84 Å². The lowest BCUT2D eigenvalue weighted by Crippen LogP contribution is -2.37. The van der Waals surface area contributed by atoms with Crippen LogP contribution in [0.15, 0.2) is 23.3 Å². The molecule has 0 amide bonds. The molecule has 2 rings (SSSR count). The normalized spacial score (nSPS) is 20.5. The molecule has 33 heavy (non-hydrogen) atoms. The van der Waals surface area contributed by atoms with Crippen LogP contribution in [0.5, 0.6) is 5.75 Å². The second-order valence-electron chi connectivity index (χ2n) is 11.2. The number of fused-ring (bicyclic) bond motifs is 1. The Balaban J connectivity index is 1.85. The highest BCUT2D eigenvalue weighted by atomic mass is 79.9. The molecule has 0 aliphatic carbocycles. The predicted molar refractivity (Wildman–Crippen MR) is 147 cm³/mol. The van der Waals surface area contributed by atoms with E-state index in [9.17, 15) is 5.11 Å². The summed E-state index contributed by atoms with van der Waals surface area (Å²) in [6.45, 7) is 19.7. The van der Waals surface area contributed by atoms with Gasteiger partial charge in [-0.2, -0.15) is 0 Å². The molecule has 186 valence electrons. The first-order valence-electron chi connectivity index (χ1n) is 12.7. The van der Waals surface area contributed by atoms with Crippen molar-refractivity contribution in [3.8, 4) is 5.75 Å². The monoisotopic (exact) mass is 518 g/mol. The van der Waals surface area contributed by atoms with E-state index in [-0.39, 0.29) is 16.0 Å². The maximum absolute atomic E-state index is 10.2. The van der Waals surface area contributed by atoms with Gasteiger partial charge in [0.15, 0.2) is 0 Å². The molecule has 0 fully saturated rings. The second kappa shape index (κ2) is 11.6. The summed E-state index contributed by atoms with van der Waals surface area (Å²) in [5, 5.41) is 10.2. The van der Waals surface area contributed by atoms with E-state index in [2.05, 4.69) is 76.5 Å². The highest BCUT2D eigenvalue weighted by Gasteiger charge is 2.33. The molecule has 0 radical (unpaired) electrons. The Morgan fingerprint density at radius 1 is 1.00 bits per heavy atom. The zero-order chi connectivity index (χ0) is 25.0. The smallest absolute Gasteiger partial charge is 0.126 e. The summed E-state index contributed by atoms with van der Waals surface area (Å²) in [5.74, 6) is 1.15. The van der Waals surface area contributed by atoms with E-state index in [0.717, 1.165) is 57.1 Å². The summed E-state index contributed by atoms with van der Waals surface area (Å²) in [5.41, 5.74) is 9.71. The van der Waals surface area contributed by atoms with Gasteiger partial charge in [-0.3, -0.25) is 0 Å². The molecule has 0 spiro atoms. The molecule has 0 saturated carbocycles. The predicted octanol–water partition coefficient (Wildman–Crippen LogP) is 8.77. The van der Waals surface area contributed by atoms with Crippen molar-refractivity contribution in [1.29, 1.82) is 0 Å². The molecule has 1 aliphatic rings. The Hall–Kier alpha value is -1.06. The summed E-state index contributed by atoms with van der Waals surface area (Å²) >= 11 is 3.56. The van der Waals surface area contributed by atoms with Gasteiger partial charge in [-0.05, 0) is 141 Å². The number of benzene rings is 1. The summed E-state index contributed by atoms with van der Waals surface area (Å²) in [7, 11) is 0. The minimum Gasteiger partial charge on any atom is -0.487 e. The van der Waals surface area contributed by atoms with Crippen molar-refractivity contribution >= 4 is 15.9 Å². The van der Waals surface area contributed by atoms with Gasteiger partial charge in [-0.1, -0.05) is 39.2 Å². The van der Waals surface area contributed by atoms with Crippen molar-refractivity contribution in [2.45, 2.75) is 130 Å². The summed E-state index contributed by atoms with van der Waals surface area (Å²) < 4.78 is 6.45. The fraction of sp³-hybridized carbons (Fsp3) is 0.667. The van der Waals surface area contributed by atoms with Gasteiger partial charge in [0.2, 0.25) is 0 Å². The average molecular weight is 520 g/mol. The second-order valence-corrected chi connectivity index (χ2v) is 13.2. The number of hydrogen-bond donors (Lipinski definition) is 1. The first kappa shape index (κ1) is 28.2. The number of allylic oxidation sites excluding steroid dienone is 4. The highest BCUT2D eigenvalue weighted by Crippen LogP contribution is 2.42. The number of rotatable bonds is 10. The molecule has 1 aromatic rings. The number of alkyl halides is 1. The van der Waals surface area contributed by atoms with E-state index >= 15 is 0 Å². The molecule has 3 heteroatoms. The number of hydrogen-bond acceptors (Lipinski definition) is 2. The lowest BCUT2D eigenvalue weighted by atomic mass is 9.83. The molecular formula is C30H47BrO2. The third kappa shape index (κ3) is 7.72. The quantitative estimate of drug-likeness (QED) is 0.247. The van der Waals surface area contributed by atoms with Crippen LogP contribution in [0.25, 0.3) is 0 Å². The fourth-order valence-corrected chi connectivity index (χ4v) is 4.97. The van der Waals surface area contributed by atoms with Gasteiger partial charge in [0.1, 0.15) is 11.4 Å². The molecule has 1 aromatic carbocycles. The van der Waals surface area contributed by atoms with Crippen LogP contribution in [0.1, 0.15) is 107 Å². The lowest BCUT2D eigenvalue weighted by Gasteiger charge is -2.38. The number of aliphatic hydroxyl groups excluding tert-OH is 1. The van der Waals surface area contributed by atoms with Crippen LogP contribution in [0.3, 0.4) is 0 Å². The maximum atomic E-state index is 10.2. The minimum absolute atomic E-state index is 0.0802. The van der Waals surface area contributed by atoms with Gasteiger partial charge in [-0.15, -0.1) is 0 Å². The molecule has 0 saturated heterocycles. The zero-order valence-corrected chi connectivity index (χ0v) is 24.2. The third-order valence-electron chi connectivity index (χ3n) is 7.81. The molecular weight excluding hydrogens is 472 g/mol. The molecule has 1 unspecified atom stereocenters. The third-order valence-corrected chi connectivity index (χ3v) is 8.34. The van der Waals surface area contributed by atoms with E-state index < -0.39 is 0 Å². The summed E-state index contributed by atoms with van der Waals surface area (Å²) in [4.78, 5) is 0. The highest BCUT2D eigenvalue weighted by molar-refractivity contribution is 9.10. The minimum atomic E-state index is -0.321. The topological polar surface area (TPSA) is 29.5 Å². The first-order chi connectivity index (χ1) is 15.2. The van der Waals surface area contributed by atoms with Crippen LogP contribution >= 0.6 is 15.9 Å². The van der Waals surface area contributed by atoms with Crippen LogP contribution in [0.4, 0.5) is 0 Å². The maximum Gasteiger partial charge on any atom is 0.126 e. The standard InChI is InChI=1S/C30H47BrO2/c1-20(12-10-13-21(2)15-16-27(32)29(7,8)31)14-11-18-30(9)19-17-26-24(5)22(3)23(4)25(6)28(26)33-30/h13-14,27,32H,10-12,15-19H2,1-9H3/b20-14+,21-13+/t27?,30-/m0/s1. The largest absolute Gasteiger partial charge is 0.487 e. The van der Waals surface area contributed by atoms with E-state index in [0.29, 0.717) is 0 Å². The van der Waals surface area contributed by atoms with Crippen molar-refractivity contribution in [1.82, 2.24) is 0 Å². The van der Waals surface area contributed by atoms with Crippen molar-refractivity contribution < 1.29 is 9.84 Å². The van der Waals surface area contributed by atoms with Crippen LogP contribution < -0.4 is 4.74 Å². The Kier molecular flexibility index (Phi) is 9.89. The van der Waals surface area contributed by atoms with Gasteiger partial charge in [0.25, 0.3) is 0 Å². The first-order valence-corrected chi connectivity index (χ1v) is 13.5. The zero-order valence-electron chi connectivity index (χ0n) is 22.6. The number of aliphatic hydroxyl groups is 1. The van der Waals surface area contributed by atoms with Crippen molar-refractivity contribution in [3.05, 3.63) is 51.1 Å². The van der Waals surface area contributed by atoms with Crippen LogP contribution in [0, 0.1) is 27.7 Å². The van der Waals surface area contributed by atoms with E-state index in [1.54, 1.807) is 0 Å². The van der Waals surface area contributed by atoms with E-state index in [1.165, 1.54) is 39.0 Å². The molecule has 1 N–H and O–H groups in total. The molecule has 0 bridgehead atoms. The Morgan fingerprint density at radius 2 is 1.58 bits per heavy atom. The molecule has 2 nitrogen and oxygen atoms in total. The van der Waals surface area contributed by atoms with Crippen LogP contribution in [-0.2, 0) is 6.42 Å². The average Bonchev–Trinajstić information content (AvgIpc) is 2.73. The molecule has 1 heterocycles. The summed E-state index contributed by atoms with van der Waals surface area (Å²) in [6.07, 6.45) is 12.7. The SMILES string of the molecule is C/C(=C\CC[C@@]1(C)CCc2c(C)c(C)c(C)c(C)c2O1)CC/C=C(\C)CCC(O)C(C)(C)Br. The van der Waals surface area contributed by atoms with Gasteiger partial charge in [0, 0.05) is 4.32 Å². The Labute approximate surface area is 212 Å². The number of halogens is 1. The summed E-state index contributed by atoms with van der Waals surface area (Å²) in [6, 6.07) is 0. The van der Waals surface area contributed by atoms with Gasteiger partial charge >= 0.3 is 0 Å². The van der Waals surface area contributed by atoms with Crippen molar-refractivity contribution in [2.75, 3.05) is 0 Å². The van der Waals surface area contributed by atoms with Gasteiger partial charge in [-0.25, -0.2) is 0 Å².